The van der Waals surface area contributed by atoms with Crippen LogP contribution in [0.2, 0.25) is 0 Å². The molecule has 0 bridgehead atoms. The van der Waals surface area contributed by atoms with Crippen LogP contribution in [-0.4, -0.2) is 4.57 Å². The molecular formula is C75H48N2. The molecule has 0 atom stereocenters. The molecule has 0 saturated heterocycles. The Morgan fingerprint density at radius 1 is 0.247 bits per heavy atom. The maximum Gasteiger partial charge on any atom is 0.0726 e. The van der Waals surface area contributed by atoms with E-state index in [0.717, 1.165) is 22.6 Å². The topological polar surface area (TPSA) is 8.17 Å². The van der Waals surface area contributed by atoms with E-state index in [1.54, 1.807) is 0 Å². The number of hydrogen-bond donors (Lipinski definition) is 0. The summed E-state index contributed by atoms with van der Waals surface area (Å²) >= 11 is 0. The molecule has 1 spiro atoms. The fourth-order valence-corrected chi connectivity index (χ4v) is 13.4. The molecule has 0 N–H and O–H groups in total. The van der Waals surface area contributed by atoms with Gasteiger partial charge in [0.15, 0.2) is 0 Å². The predicted molar refractivity (Wildman–Crippen MR) is 323 cm³/mol. The summed E-state index contributed by atoms with van der Waals surface area (Å²) in [5.74, 6) is 0. The quantitative estimate of drug-likeness (QED) is 0.154. The zero-order valence-corrected chi connectivity index (χ0v) is 42.1. The van der Waals surface area contributed by atoms with E-state index in [4.69, 9.17) is 0 Å². The van der Waals surface area contributed by atoms with E-state index in [-0.39, 0.29) is 0 Å². The number of fused-ring (bicyclic) bond motifs is 15. The van der Waals surface area contributed by atoms with E-state index in [9.17, 15) is 0 Å². The molecule has 2 aliphatic carbocycles. The highest BCUT2D eigenvalue weighted by Crippen LogP contribution is 2.63. The van der Waals surface area contributed by atoms with Gasteiger partial charge in [0.25, 0.3) is 0 Å². The van der Waals surface area contributed by atoms with Crippen molar-refractivity contribution in [1.82, 2.24) is 4.57 Å². The number of aromatic nitrogens is 1. The predicted octanol–water partition coefficient (Wildman–Crippen LogP) is 19.9. The molecule has 0 amide bonds. The lowest BCUT2D eigenvalue weighted by Crippen LogP contribution is -2.26. The van der Waals surface area contributed by atoms with Gasteiger partial charge >= 0.3 is 0 Å². The molecule has 358 valence electrons. The Morgan fingerprint density at radius 3 is 1.39 bits per heavy atom. The van der Waals surface area contributed by atoms with Gasteiger partial charge in [0.1, 0.15) is 0 Å². The standard InChI is InChI=1S/C75H48N2/c1-3-22-59-50(16-1)18-14-28-60(59)52-36-41-57(42-37-52)76(58-43-44-65-64-26-7-11-31-70(64)75(71(65)48-58)68-29-9-5-24-62(68)63-25-6-10-30-69(63)75)56-39-34-49(35-40-56)53-20-13-21-54(46-53)55-38-45-74-67(47-55)66-27-8-12-32-73(66)77(74)72-33-15-19-51-17-2-4-23-61(51)72/h1-48H. The lowest BCUT2D eigenvalue weighted by atomic mass is 9.70. The average molecular weight is 977 g/mol. The summed E-state index contributed by atoms with van der Waals surface area (Å²) in [7, 11) is 0. The molecule has 77 heavy (non-hydrogen) atoms. The molecule has 13 aromatic carbocycles. The summed E-state index contributed by atoms with van der Waals surface area (Å²) < 4.78 is 2.43. The second-order valence-electron chi connectivity index (χ2n) is 20.7. The fourth-order valence-electron chi connectivity index (χ4n) is 13.4. The SMILES string of the molecule is c1cc(-c2ccc(N(c3ccc(-c4cccc5ccccc45)cc3)c3ccc4c(c3)C3(c5ccccc5-c5ccccc53)c3ccccc3-4)cc2)cc(-c2ccc3c(c2)c2ccccc2n3-c2cccc3ccccc23)c1. The third-order valence-electron chi connectivity index (χ3n) is 16.8. The Balaban J connectivity index is 0.812. The maximum atomic E-state index is 2.49. The molecule has 16 rings (SSSR count). The molecule has 0 radical (unpaired) electrons. The Morgan fingerprint density at radius 2 is 0.701 bits per heavy atom. The van der Waals surface area contributed by atoms with Gasteiger partial charge in [0.2, 0.25) is 0 Å². The highest BCUT2D eigenvalue weighted by atomic mass is 15.1. The third-order valence-corrected chi connectivity index (χ3v) is 16.8. The zero-order chi connectivity index (χ0) is 50.6. The van der Waals surface area contributed by atoms with Gasteiger partial charge < -0.3 is 9.47 Å². The largest absolute Gasteiger partial charge is 0.310 e. The van der Waals surface area contributed by atoms with Crippen molar-refractivity contribution in [3.05, 3.63) is 313 Å². The van der Waals surface area contributed by atoms with Crippen LogP contribution in [0.15, 0.2) is 291 Å². The van der Waals surface area contributed by atoms with Gasteiger partial charge in [0.05, 0.1) is 22.1 Å². The average Bonchev–Trinajstić information content (AvgIpc) is 3.90. The first-order valence-corrected chi connectivity index (χ1v) is 26.7. The molecule has 2 aliphatic rings. The Bertz CT molecular complexity index is 4620. The minimum absolute atomic E-state index is 0.452. The van der Waals surface area contributed by atoms with E-state index in [1.165, 1.54) is 121 Å². The first kappa shape index (κ1) is 43.4. The van der Waals surface area contributed by atoms with Crippen molar-refractivity contribution >= 4 is 60.4 Å². The monoisotopic (exact) mass is 976 g/mol. The first-order chi connectivity index (χ1) is 38.2. The van der Waals surface area contributed by atoms with E-state index in [2.05, 4.69) is 301 Å². The number of benzene rings is 13. The number of nitrogens with zero attached hydrogens (tertiary/aromatic N) is 2. The number of anilines is 3. The minimum atomic E-state index is -0.452. The van der Waals surface area contributed by atoms with E-state index in [0.29, 0.717) is 0 Å². The maximum absolute atomic E-state index is 2.49. The zero-order valence-electron chi connectivity index (χ0n) is 42.1. The molecule has 0 aliphatic heterocycles. The van der Waals surface area contributed by atoms with Crippen LogP contribution in [0.1, 0.15) is 22.3 Å². The molecule has 0 fully saturated rings. The van der Waals surface area contributed by atoms with E-state index < -0.39 is 5.41 Å². The van der Waals surface area contributed by atoms with Crippen molar-refractivity contribution in [3.63, 3.8) is 0 Å². The fraction of sp³-hybridized carbons (Fsp3) is 0.0133. The summed E-state index contributed by atoms with van der Waals surface area (Å²) in [6.45, 7) is 0. The number of rotatable bonds is 7. The van der Waals surface area contributed by atoms with Gasteiger partial charge in [-0.15, -0.1) is 0 Å². The Kier molecular flexibility index (Phi) is 9.58. The van der Waals surface area contributed by atoms with Crippen LogP contribution in [0.25, 0.3) is 105 Å². The van der Waals surface area contributed by atoms with Crippen LogP contribution in [0, 0.1) is 0 Å². The molecule has 0 unspecified atom stereocenters. The van der Waals surface area contributed by atoms with E-state index in [1.807, 2.05) is 0 Å². The van der Waals surface area contributed by atoms with E-state index >= 15 is 0 Å². The van der Waals surface area contributed by atoms with Crippen LogP contribution in [0.5, 0.6) is 0 Å². The molecule has 1 aromatic heterocycles. The van der Waals surface area contributed by atoms with Crippen molar-refractivity contribution in [2.45, 2.75) is 5.41 Å². The molecule has 1 heterocycles. The van der Waals surface area contributed by atoms with Crippen LogP contribution >= 0.6 is 0 Å². The summed E-state index contributed by atoms with van der Waals surface area (Å²) in [6.07, 6.45) is 0. The molecule has 0 saturated carbocycles. The van der Waals surface area contributed by atoms with Crippen LogP contribution in [0.4, 0.5) is 17.1 Å². The Labute approximate surface area is 447 Å². The van der Waals surface area contributed by atoms with Crippen molar-refractivity contribution in [3.8, 4) is 61.3 Å². The van der Waals surface area contributed by atoms with Gasteiger partial charge in [-0.3, -0.25) is 0 Å². The molecule has 2 heteroatoms. The highest BCUT2D eigenvalue weighted by Gasteiger charge is 2.51. The van der Waals surface area contributed by atoms with Crippen molar-refractivity contribution < 1.29 is 0 Å². The third kappa shape index (κ3) is 6.49. The van der Waals surface area contributed by atoms with Crippen LogP contribution in [-0.2, 0) is 5.41 Å². The smallest absolute Gasteiger partial charge is 0.0726 e. The first-order valence-electron chi connectivity index (χ1n) is 26.7. The van der Waals surface area contributed by atoms with Gasteiger partial charge in [-0.25, -0.2) is 0 Å². The Hall–Kier alpha value is -10.0. The van der Waals surface area contributed by atoms with Gasteiger partial charge in [-0.2, -0.15) is 0 Å². The number of hydrogen-bond acceptors (Lipinski definition) is 1. The van der Waals surface area contributed by atoms with Gasteiger partial charge in [-0.05, 0) is 161 Å². The molecule has 14 aromatic rings. The van der Waals surface area contributed by atoms with Crippen molar-refractivity contribution in [2.24, 2.45) is 0 Å². The van der Waals surface area contributed by atoms with Crippen LogP contribution in [0.3, 0.4) is 0 Å². The molecule has 2 nitrogen and oxygen atoms in total. The van der Waals surface area contributed by atoms with Crippen molar-refractivity contribution in [2.75, 3.05) is 4.90 Å². The highest BCUT2D eigenvalue weighted by molar-refractivity contribution is 6.12. The van der Waals surface area contributed by atoms with Crippen LogP contribution < -0.4 is 4.90 Å². The van der Waals surface area contributed by atoms with Gasteiger partial charge in [0, 0.05) is 33.2 Å². The second kappa shape index (κ2) is 17.0. The molecular weight excluding hydrogens is 929 g/mol. The van der Waals surface area contributed by atoms with Crippen molar-refractivity contribution in [1.29, 1.82) is 0 Å². The number of para-hydroxylation sites is 1. The second-order valence-corrected chi connectivity index (χ2v) is 20.7. The summed E-state index contributed by atoms with van der Waals surface area (Å²) in [4.78, 5) is 2.45. The summed E-state index contributed by atoms with van der Waals surface area (Å²) in [6, 6.07) is 108. The summed E-state index contributed by atoms with van der Waals surface area (Å²) in [5.41, 5.74) is 24.1. The lowest BCUT2D eigenvalue weighted by Gasteiger charge is -2.32. The normalized spacial score (nSPS) is 12.8. The summed E-state index contributed by atoms with van der Waals surface area (Å²) in [5, 5.41) is 7.47. The van der Waals surface area contributed by atoms with Gasteiger partial charge in [-0.1, -0.05) is 224 Å². The lowest BCUT2D eigenvalue weighted by molar-refractivity contribution is 0.793. The minimum Gasteiger partial charge on any atom is -0.310 e.